The van der Waals surface area contributed by atoms with Crippen LogP contribution >= 0.6 is 0 Å². The number of carbonyl (C=O) groups is 1. The Morgan fingerprint density at radius 2 is 2.31 bits per heavy atom. The Morgan fingerprint density at radius 1 is 1.46 bits per heavy atom. The van der Waals surface area contributed by atoms with Crippen molar-refractivity contribution in [2.24, 2.45) is 5.92 Å². The van der Waals surface area contributed by atoms with Crippen molar-refractivity contribution in [1.82, 2.24) is 16.0 Å². The predicted octanol–water partition coefficient (Wildman–Crippen LogP) is -1.47. The highest BCUT2D eigenvalue weighted by Crippen LogP contribution is 2.14. The highest BCUT2D eigenvalue weighted by Gasteiger charge is 2.33. The maximum atomic E-state index is 11.0. The van der Waals surface area contributed by atoms with Crippen molar-refractivity contribution in [1.29, 1.82) is 5.26 Å². The fourth-order valence-electron chi connectivity index (χ4n) is 1.85. The third kappa shape index (κ3) is 1.64. The van der Waals surface area contributed by atoms with Crippen molar-refractivity contribution in [3.63, 3.8) is 0 Å². The minimum absolute atomic E-state index is 0.0152. The van der Waals surface area contributed by atoms with E-state index in [0.29, 0.717) is 13.1 Å². The van der Waals surface area contributed by atoms with Crippen molar-refractivity contribution in [3.8, 4) is 6.07 Å². The Hall–Kier alpha value is -1.12. The molecule has 70 valence electrons. The molecule has 0 aromatic carbocycles. The van der Waals surface area contributed by atoms with Crippen molar-refractivity contribution < 1.29 is 4.79 Å². The smallest absolute Gasteiger partial charge is 0.234 e. The molecular formula is C8H12N4O. The fourth-order valence-corrected chi connectivity index (χ4v) is 1.85. The molecule has 0 saturated carbocycles. The molecule has 0 unspecified atom stereocenters. The Bertz CT molecular complexity index is 259. The molecule has 0 radical (unpaired) electrons. The van der Waals surface area contributed by atoms with Crippen LogP contribution in [0.1, 0.15) is 6.42 Å². The molecular weight excluding hydrogens is 168 g/mol. The normalized spacial score (nSPS) is 38.7. The molecule has 2 rings (SSSR count). The summed E-state index contributed by atoms with van der Waals surface area (Å²) in [5.74, 6) is 0.0306. The van der Waals surface area contributed by atoms with Crippen molar-refractivity contribution in [2.45, 2.75) is 18.6 Å². The molecule has 2 fully saturated rings. The standard InChI is InChI=1S/C8H12N4O/c9-2-5-1-6-8(10-3-5)11-4-7(13)12-6/h5-6,8,10-11H,1,3-4H2,(H,12,13)/t5-,6+,8+/m1/s1. The van der Waals surface area contributed by atoms with Gasteiger partial charge < -0.3 is 5.32 Å². The number of fused-ring (bicyclic) bond motifs is 1. The molecule has 0 aromatic rings. The third-order valence-electron chi connectivity index (χ3n) is 2.54. The third-order valence-corrected chi connectivity index (χ3v) is 2.54. The molecule has 2 aliphatic heterocycles. The molecule has 5 nitrogen and oxygen atoms in total. The molecule has 0 bridgehead atoms. The highest BCUT2D eigenvalue weighted by atomic mass is 16.2. The van der Waals surface area contributed by atoms with E-state index in [9.17, 15) is 4.79 Å². The van der Waals surface area contributed by atoms with Crippen molar-refractivity contribution in [2.75, 3.05) is 13.1 Å². The van der Waals surface area contributed by atoms with Crippen LogP contribution in [0.15, 0.2) is 0 Å². The largest absolute Gasteiger partial charge is 0.349 e. The Morgan fingerprint density at radius 3 is 3.08 bits per heavy atom. The highest BCUT2D eigenvalue weighted by molar-refractivity contribution is 5.79. The molecule has 13 heavy (non-hydrogen) atoms. The maximum absolute atomic E-state index is 11.0. The molecule has 2 heterocycles. The zero-order valence-corrected chi connectivity index (χ0v) is 7.21. The maximum Gasteiger partial charge on any atom is 0.234 e. The number of carbonyl (C=O) groups excluding carboxylic acids is 1. The van der Waals surface area contributed by atoms with Crippen LogP contribution in [0.2, 0.25) is 0 Å². The lowest BCUT2D eigenvalue weighted by atomic mass is 9.93. The first kappa shape index (κ1) is 8.48. The SMILES string of the molecule is N#C[C@@H]1CN[C@H]2NCC(=O)N[C@H]2C1. The van der Waals surface area contributed by atoms with E-state index >= 15 is 0 Å². The lowest BCUT2D eigenvalue weighted by Crippen LogP contribution is -2.67. The fraction of sp³-hybridized carbons (Fsp3) is 0.750. The number of piperidine rings is 1. The van der Waals surface area contributed by atoms with Crippen LogP contribution in [-0.4, -0.2) is 31.2 Å². The van der Waals surface area contributed by atoms with Crippen LogP contribution in [-0.2, 0) is 4.79 Å². The van der Waals surface area contributed by atoms with Gasteiger partial charge in [-0.25, -0.2) is 0 Å². The Labute approximate surface area is 76.5 Å². The lowest BCUT2D eigenvalue weighted by molar-refractivity contribution is -0.123. The van der Waals surface area contributed by atoms with Crippen LogP contribution in [0, 0.1) is 17.2 Å². The van der Waals surface area contributed by atoms with Gasteiger partial charge in [0.25, 0.3) is 0 Å². The van der Waals surface area contributed by atoms with Gasteiger partial charge in [-0.1, -0.05) is 0 Å². The van der Waals surface area contributed by atoms with E-state index < -0.39 is 0 Å². The zero-order valence-electron chi connectivity index (χ0n) is 7.21. The Balaban J connectivity index is 2.00. The predicted molar refractivity (Wildman–Crippen MR) is 45.4 cm³/mol. The number of nitrogens with one attached hydrogen (secondary N) is 3. The summed E-state index contributed by atoms with van der Waals surface area (Å²) in [6.45, 7) is 1.08. The summed E-state index contributed by atoms with van der Waals surface area (Å²) in [5, 5.41) is 17.9. The quantitative estimate of drug-likeness (QED) is 0.425. The van der Waals surface area contributed by atoms with Crippen LogP contribution in [0.3, 0.4) is 0 Å². The van der Waals surface area contributed by atoms with Crippen molar-refractivity contribution >= 4 is 5.91 Å². The van der Waals surface area contributed by atoms with Gasteiger partial charge >= 0.3 is 0 Å². The van der Waals surface area contributed by atoms with Gasteiger partial charge in [-0.3, -0.25) is 15.4 Å². The van der Waals surface area contributed by atoms with E-state index in [-0.39, 0.29) is 24.0 Å². The van der Waals surface area contributed by atoms with Crippen LogP contribution in [0.5, 0.6) is 0 Å². The second-order valence-corrected chi connectivity index (χ2v) is 3.50. The molecule has 0 aliphatic carbocycles. The Kier molecular flexibility index (Phi) is 2.17. The number of hydrogen-bond acceptors (Lipinski definition) is 4. The van der Waals surface area contributed by atoms with Gasteiger partial charge in [0.1, 0.15) is 0 Å². The number of nitrogens with zero attached hydrogens (tertiary/aromatic N) is 1. The van der Waals surface area contributed by atoms with E-state index in [1.54, 1.807) is 0 Å². The summed E-state index contributed by atoms with van der Waals surface area (Å²) in [6.07, 6.45) is 0.884. The lowest BCUT2D eigenvalue weighted by Gasteiger charge is -2.38. The summed E-state index contributed by atoms with van der Waals surface area (Å²) in [7, 11) is 0. The average Bonchev–Trinajstić information content (AvgIpc) is 2.16. The monoisotopic (exact) mass is 180 g/mol. The molecule has 0 spiro atoms. The number of amides is 1. The van der Waals surface area contributed by atoms with Crippen molar-refractivity contribution in [3.05, 3.63) is 0 Å². The van der Waals surface area contributed by atoms with Crippen LogP contribution in [0.25, 0.3) is 0 Å². The van der Waals surface area contributed by atoms with E-state index in [1.165, 1.54) is 0 Å². The molecule has 0 aromatic heterocycles. The molecule has 3 atom stereocenters. The molecule has 2 saturated heterocycles. The topological polar surface area (TPSA) is 77.0 Å². The number of piperazine rings is 1. The summed E-state index contributed by atoms with van der Waals surface area (Å²) in [6, 6.07) is 2.28. The molecule has 3 N–H and O–H groups in total. The molecule has 2 aliphatic rings. The van der Waals surface area contributed by atoms with Gasteiger partial charge in [-0.2, -0.15) is 5.26 Å². The summed E-state index contributed by atoms with van der Waals surface area (Å²) in [4.78, 5) is 11.0. The van der Waals surface area contributed by atoms with Gasteiger partial charge in [0.05, 0.1) is 30.7 Å². The van der Waals surface area contributed by atoms with Gasteiger partial charge in [0.2, 0.25) is 5.91 Å². The minimum Gasteiger partial charge on any atom is -0.349 e. The molecule has 5 heteroatoms. The van der Waals surface area contributed by atoms with Gasteiger partial charge in [-0.15, -0.1) is 0 Å². The van der Waals surface area contributed by atoms with E-state index in [4.69, 9.17) is 5.26 Å². The van der Waals surface area contributed by atoms with E-state index in [1.807, 2.05) is 0 Å². The van der Waals surface area contributed by atoms with E-state index in [2.05, 4.69) is 22.0 Å². The molecule has 1 amide bonds. The number of hydrogen-bond donors (Lipinski definition) is 3. The van der Waals surface area contributed by atoms with Crippen LogP contribution < -0.4 is 16.0 Å². The van der Waals surface area contributed by atoms with Crippen LogP contribution in [0.4, 0.5) is 0 Å². The second kappa shape index (κ2) is 3.32. The number of rotatable bonds is 0. The summed E-state index contributed by atoms with van der Waals surface area (Å²) < 4.78 is 0. The first-order chi connectivity index (χ1) is 6.29. The average molecular weight is 180 g/mol. The first-order valence-corrected chi connectivity index (χ1v) is 4.45. The number of nitriles is 1. The summed E-state index contributed by atoms with van der Waals surface area (Å²) >= 11 is 0. The van der Waals surface area contributed by atoms with Gasteiger partial charge in [-0.05, 0) is 6.42 Å². The first-order valence-electron chi connectivity index (χ1n) is 4.45. The van der Waals surface area contributed by atoms with E-state index in [0.717, 1.165) is 6.42 Å². The summed E-state index contributed by atoms with van der Waals surface area (Å²) in [5.41, 5.74) is 0. The second-order valence-electron chi connectivity index (χ2n) is 3.50. The van der Waals surface area contributed by atoms with Gasteiger partial charge in [0, 0.05) is 6.54 Å². The zero-order chi connectivity index (χ0) is 9.26. The minimum atomic E-state index is 0.0152. The van der Waals surface area contributed by atoms with Gasteiger partial charge in [0.15, 0.2) is 0 Å².